The number of H-pyrrole nitrogens is 1. The number of thiazole rings is 1. The molecule has 1 atom stereocenters. The standard InChI is InChI=1S/C15H21N5OS.2ClH/c1-3-4-12-20-9(2)11(22-12)7-17-15(21)14-13-10(5-6-16-14)18-8-19-13;;/h8,14,16H,3-7H2,1-2H3,(H,17,21)(H,18,19);2*1H. The maximum atomic E-state index is 12.4. The van der Waals surface area contributed by atoms with Crippen LogP contribution in [0.3, 0.4) is 0 Å². The molecule has 0 saturated carbocycles. The van der Waals surface area contributed by atoms with Crippen LogP contribution in [0.1, 0.15) is 46.4 Å². The van der Waals surface area contributed by atoms with Crippen LogP contribution in [-0.2, 0) is 24.2 Å². The molecule has 1 amide bonds. The number of imidazole rings is 1. The monoisotopic (exact) mass is 391 g/mol. The number of nitrogens with one attached hydrogen (secondary N) is 3. The Bertz CT molecular complexity index is 673. The first-order valence-corrected chi connectivity index (χ1v) is 8.49. The third-order valence-corrected chi connectivity index (χ3v) is 5.05. The lowest BCUT2D eigenvalue weighted by Gasteiger charge is -2.22. The first-order chi connectivity index (χ1) is 10.7. The lowest BCUT2D eigenvalue weighted by molar-refractivity contribution is -0.123. The van der Waals surface area contributed by atoms with Gasteiger partial charge in [0.05, 0.1) is 29.3 Å². The fraction of sp³-hybridized carbons (Fsp3) is 0.533. The second kappa shape index (κ2) is 9.36. The van der Waals surface area contributed by atoms with Crippen molar-refractivity contribution in [1.29, 1.82) is 0 Å². The Morgan fingerprint density at radius 3 is 3.00 bits per heavy atom. The number of carbonyl (C=O) groups is 1. The van der Waals surface area contributed by atoms with Crippen LogP contribution in [0.15, 0.2) is 6.33 Å². The second-order valence-corrected chi connectivity index (χ2v) is 6.66. The minimum Gasteiger partial charge on any atom is -0.349 e. The van der Waals surface area contributed by atoms with Crippen molar-refractivity contribution in [3.63, 3.8) is 0 Å². The molecule has 24 heavy (non-hydrogen) atoms. The molecule has 6 nitrogen and oxygen atoms in total. The minimum atomic E-state index is -0.363. The van der Waals surface area contributed by atoms with Crippen molar-refractivity contribution in [3.8, 4) is 0 Å². The molecular weight excluding hydrogens is 369 g/mol. The Balaban J connectivity index is 0.00000144. The number of aryl methyl sites for hydroxylation is 2. The van der Waals surface area contributed by atoms with Gasteiger partial charge in [-0.3, -0.25) is 4.79 Å². The van der Waals surface area contributed by atoms with Crippen LogP contribution in [0.5, 0.6) is 0 Å². The Morgan fingerprint density at radius 1 is 1.46 bits per heavy atom. The molecule has 1 aliphatic rings. The molecule has 3 rings (SSSR count). The van der Waals surface area contributed by atoms with E-state index in [0.717, 1.165) is 52.8 Å². The summed E-state index contributed by atoms with van der Waals surface area (Å²) in [5.74, 6) is -0.0297. The number of aromatic nitrogens is 3. The van der Waals surface area contributed by atoms with Gasteiger partial charge in [0.15, 0.2) is 0 Å². The minimum absolute atomic E-state index is 0. The van der Waals surface area contributed by atoms with Gasteiger partial charge in [0.1, 0.15) is 6.04 Å². The molecule has 1 unspecified atom stereocenters. The molecular formula is C15H23Cl2N5OS. The van der Waals surface area contributed by atoms with Gasteiger partial charge in [-0.15, -0.1) is 36.2 Å². The van der Waals surface area contributed by atoms with E-state index < -0.39 is 0 Å². The zero-order valence-corrected chi connectivity index (χ0v) is 16.2. The summed E-state index contributed by atoms with van der Waals surface area (Å²) in [6.07, 6.45) is 4.63. The molecule has 0 fully saturated rings. The van der Waals surface area contributed by atoms with E-state index in [1.807, 2.05) is 6.92 Å². The number of hydrogen-bond acceptors (Lipinski definition) is 5. The van der Waals surface area contributed by atoms with Gasteiger partial charge in [-0.1, -0.05) is 6.92 Å². The Morgan fingerprint density at radius 2 is 2.25 bits per heavy atom. The van der Waals surface area contributed by atoms with Crippen LogP contribution in [0, 0.1) is 6.92 Å². The van der Waals surface area contributed by atoms with E-state index in [4.69, 9.17) is 0 Å². The molecule has 0 bridgehead atoms. The highest BCUT2D eigenvalue weighted by atomic mass is 35.5. The Hall–Kier alpha value is -1.15. The van der Waals surface area contributed by atoms with Crippen LogP contribution < -0.4 is 10.6 Å². The van der Waals surface area contributed by atoms with Crippen molar-refractivity contribution in [2.45, 2.75) is 45.7 Å². The zero-order chi connectivity index (χ0) is 15.5. The van der Waals surface area contributed by atoms with Gasteiger partial charge in [-0.05, 0) is 19.8 Å². The van der Waals surface area contributed by atoms with Gasteiger partial charge in [-0.25, -0.2) is 9.97 Å². The van der Waals surface area contributed by atoms with Crippen molar-refractivity contribution >= 4 is 42.1 Å². The number of amides is 1. The van der Waals surface area contributed by atoms with Crippen LogP contribution in [0.25, 0.3) is 0 Å². The van der Waals surface area contributed by atoms with E-state index >= 15 is 0 Å². The van der Waals surface area contributed by atoms with E-state index in [-0.39, 0.29) is 36.8 Å². The van der Waals surface area contributed by atoms with Crippen LogP contribution >= 0.6 is 36.2 Å². The van der Waals surface area contributed by atoms with Crippen molar-refractivity contribution in [2.75, 3.05) is 6.54 Å². The van der Waals surface area contributed by atoms with Gasteiger partial charge in [-0.2, -0.15) is 0 Å². The topological polar surface area (TPSA) is 82.7 Å². The van der Waals surface area contributed by atoms with Crippen molar-refractivity contribution in [2.24, 2.45) is 0 Å². The number of carbonyl (C=O) groups excluding carboxylic acids is 1. The fourth-order valence-electron chi connectivity index (χ4n) is 2.68. The highest BCUT2D eigenvalue weighted by Gasteiger charge is 2.28. The maximum absolute atomic E-state index is 12.4. The number of aromatic amines is 1. The van der Waals surface area contributed by atoms with E-state index in [1.54, 1.807) is 17.7 Å². The number of halogens is 2. The van der Waals surface area contributed by atoms with Crippen LogP contribution in [0.2, 0.25) is 0 Å². The molecule has 2 aromatic rings. The summed E-state index contributed by atoms with van der Waals surface area (Å²) in [5.41, 5.74) is 2.89. The summed E-state index contributed by atoms with van der Waals surface area (Å²) < 4.78 is 0. The van der Waals surface area contributed by atoms with E-state index in [0.29, 0.717) is 6.54 Å². The van der Waals surface area contributed by atoms with Crippen molar-refractivity contribution in [1.82, 2.24) is 25.6 Å². The van der Waals surface area contributed by atoms with Gasteiger partial charge in [0.2, 0.25) is 5.91 Å². The third kappa shape index (κ3) is 4.47. The number of nitrogens with zero attached hydrogens (tertiary/aromatic N) is 2. The predicted octanol–water partition coefficient (Wildman–Crippen LogP) is 2.47. The van der Waals surface area contributed by atoms with E-state index in [9.17, 15) is 4.79 Å². The SMILES string of the molecule is CCCc1nc(C)c(CNC(=O)C2NCCc3[nH]cnc32)s1.Cl.Cl. The highest BCUT2D eigenvalue weighted by Crippen LogP contribution is 2.21. The van der Waals surface area contributed by atoms with Gasteiger partial charge < -0.3 is 15.6 Å². The lowest BCUT2D eigenvalue weighted by Crippen LogP contribution is -2.41. The number of fused-ring (bicyclic) bond motifs is 1. The maximum Gasteiger partial charge on any atom is 0.243 e. The van der Waals surface area contributed by atoms with Gasteiger partial charge >= 0.3 is 0 Å². The predicted molar refractivity (Wildman–Crippen MR) is 100 cm³/mol. The molecule has 0 spiro atoms. The summed E-state index contributed by atoms with van der Waals surface area (Å²) in [4.78, 5) is 25.5. The molecule has 3 heterocycles. The fourth-order valence-corrected chi connectivity index (χ4v) is 3.79. The molecule has 9 heteroatoms. The summed E-state index contributed by atoms with van der Waals surface area (Å²) >= 11 is 1.69. The average molecular weight is 392 g/mol. The number of hydrogen-bond donors (Lipinski definition) is 3. The molecule has 0 radical (unpaired) electrons. The molecule has 0 aliphatic carbocycles. The first-order valence-electron chi connectivity index (χ1n) is 7.67. The van der Waals surface area contributed by atoms with Gasteiger partial charge in [0.25, 0.3) is 0 Å². The van der Waals surface area contributed by atoms with E-state index in [1.165, 1.54) is 0 Å². The summed E-state index contributed by atoms with van der Waals surface area (Å²) in [5, 5.41) is 7.39. The second-order valence-electron chi connectivity index (χ2n) is 5.49. The van der Waals surface area contributed by atoms with Crippen molar-refractivity contribution < 1.29 is 4.79 Å². The third-order valence-electron chi connectivity index (χ3n) is 3.83. The van der Waals surface area contributed by atoms with E-state index in [2.05, 4.69) is 32.5 Å². The first kappa shape index (κ1) is 20.9. The largest absolute Gasteiger partial charge is 0.349 e. The molecule has 2 aromatic heterocycles. The molecule has 1 aliphatic heterocycles. The van der Waals surface area contributed by atoms with Crippen LogP contribution in [0.4, 0.5) is 0 Å². The highest BCUT2D eigenvalue weighted by molar-refractivity contribution is 7.11. The quantitative estimate of drug-likeness (QED) is 0.730. The van der Waals surface area contributed by atoms with Crippen LogP contribution in [-0.4, -0.2) is 27.4 Å². The van der Waals surface area contributed by atoms with Crippen molar-refractivity contribution in [3.05, 3.63) is 33.3 Å². The molecule has 3 N–H and O–H groups in total. The molecule has 0 aromatic carbocycles. The summed E-state index contributed by atoms with van der Waals surface area (Å²) in [6, 6.07) is -0.363. The normalized spacial score (nSPS) is 15.8. The zero-order valence-electron chi connectivity index (χ0n) is 13.7. The molecule has 134 valence electrons. The molecule has 0 saturated heterocycles. The Labute approximate surface area is 158 Å². The average Bonchev–Trinajstić information content (AvgIpc) is 3.11. The van der Waals surface area contributed by atoms with Gasteiger partial charge in [0, 0.05) is 23.5 Å². The summed E-state index contributed by atoms with van der Waals surface area (Å²) in [7, 11) is 0. The Kier molecular flexibility index (Phi) is 8.15. The smallest absolute Gasteiger partial charge is 0.243 e. The lowest BCUT2D eigenvalue weighted by atomic mass is 10.1. The summed E-state index contributed by atoms with van der Waals surface area (Å²) in [6.45, 7) is 5.47. The number of rotatable bonds is 5.